The Labute approximate surface area is 185 Å². The van der Waals surface area contributed by atoms with Gasteiger partial charge < -0.3 is 4.52 Å². The molecule has 0 radical (unpaired) electrons. The first-order chi connectivity index (χ1) is 16.0. The van der Waals surface area contributed by atoms with Gasteiger partial charge in [-0.15, -0.1) is 5.10 Å². The molecule has 0 atom stereocenters. The molecule has 5 aromatic rings. The molecule has 11 heteroatoms. The molecule has 3 heterocycles. The van der Waals surface area contributed by atoms with Crippen LogP contribution in [0.3, 0.4) is 0 Å². The van der Waals surface area contributed by atoms with Crippen molar-refractivity contribution in [3.05, 3.63) is 87.8 Å². The minimum Gasteiger partial charge on any atom is -0.337 e. The topological polar surface area (TPSA) is 105 Å². The Morgan fingerprint density at radius 3 is 2.48 bits per heavy atom. The van der Waals surface area contributed by atoms with Crippen LogP contribution in [0.25, 0.3) is 22.6 Å². The van der Waals surface area contributed by atoms with Gasteiger partial charge in [-0.1, -0.05) is 41.6 Å². The quantitative estimate of drug-likeness (QED) is 0.392. The molecule has 0 unspecified atom stereocenters. The zero-order valence-electron chi connectivity index (χ0n) is 17.4. The van der Waals surface area contributed by atoms with Crippen molar-refractivity contribution in [2.24, 2.45) is 0 Å². The lowest BCUT2D eigenvalue weighted by Gasteiger charge is -2.04. The Morgan fingerprint density at radius 2 is 1.76 bits per heavy atom. The summed E-state index contributed by atoms with van der Waals surface area (Å²) in [5.74, 6) is -0.756. The van der Waals surface area contributed by atoms with Crippen LogP contribution in [-0.4, -0.2) is 34.7 Å². The number of aryl methyl sites for hydroxylation is 1. The molecule has 9 nitrogen and oxygen atoms in total. The lowest BCUT2D eigenvalue weighted by molar-refractivity contribution is 0.369. The molecular formula is C22H17F2N7O2. The average Bonchev–Trinajstić information content (AvgIpc) is 3.43. The number of halogens is 2. The van der Waals surface area contributed by atoms with Gasteiger partial charge in [-0.3, -0.25) is 9.36 Å². The number of fused-ring (bicyclic) bond motifs is 1. The summed E-state index contributed by atoms with van der Waals surface area (Å²) in [7, 11) is 0. The van der Waals surface area contributed by atoms with Gasteiger partial charge in [0, 0.05) is 11.6 Å². The van der Waals surface area contributed by atoms with Crippen molar-refractivity contribution in [2.75, 3.05) is 0 Å². The summed E-state index contributed by atoms with van der Waals surface area (Å²) >= 11 is 0. The Balaban J connectivity index is 1.39. The maximum atomic E-state index is 13.5. The SMILES string of the molecule is CCc1ccc(-c2noc(Cn3cnc4c(nnn4Cc4cc(F)cc(F)c4)c3=O)n2)cc1. The molecule has 0 aliphatic heterocycles. The fourth-order valence-electron chi connectivity index (χ4n) is 3.45. The number of hydrogen-bond acceptors (Lipinski definition) is 7. The highest BCUT2D eigenvalue weighted by atomic mass is 19.1. The van der Waals surface area contributed by atoms with Crippen molar-refractivity contribution in [1.82, 2.24) is 34.7 Å². The Hall–Kier alpha value is -4.28. The first kappa shape index (κ1) is 20.6. The molecule has 33 heavy (non-hydrogen) atoms. The van der Waals surface area contributed by atoms with Gasteiger partial charge in [0.05, 0.1) is 6.54 Å². The third kappa shape index (κ3) is 4.12. The van der Waals surface area contributed by atoms with E-state index in [9.17, 15) is 13.6 Å². The molecule has 0 aliphatic carbocycles. The average molecular weight is 449 g/mol. The second kappa shape index (κ2) is 8.34. The summed E-state index contributed by atoms with van der Waals surface area (Å²) in [5, 5.41) is 11.8. The van der Waals surface area contributed by atoms with E-state index in [1.54, 1.807) is 0 Å². The highest BCUT2D eigenvalue weighted by Crippen LogP contribution is 2.17. The van der Waals surface area contributed by atoms with Crippen molar-refractivity contribution < 1.29 is 13.3 Å². The van der Waals surface area contributed by atoms with Gasteiger partial charge in [0.2, 0.25) is 11.7 Å². The van der Waals surface area contributed by atoms with Crippen LogP contribution < -0.4 is 5.56 Å². The van der Waals surface area contributed by atoms with Crippen LogP contribution >= 0.6 is 0 Å². The van der Waals surface area contributed by atoms with Crippen molar-refractivity contribution in [2.45, 2.75) is 26.4 Å². The molecule has 2 aromatic carbocycles. The Kier molecular flexibility index (Phi) is 5.21. The molecule has 0 amide bonds. The molecular weight excluding hydrogens is 432 g/mol. The maximum Gasteiger partial charge on any atom is 0.283 e. The van der Waals surface area contributed by atoms with Gasteiger partial charge in [0.25, 0.3) is 5.56 Å². The Bertz CT molecular complexity index is 1490. The number of aromatic nitrogens is 7. The van der Waals surface area contributed by atoms with Crippen LogP contribution in [0.5, 0.6) is 0 Å². The number of nitrogens with zero attached hydrogens (tertiary/aromatic N) is 7. The summed E-state index contributed by atoms with van der Waals surface area (Å²) in [6.45, 7) is 2.08. The zero-order valence-corrected chi connectivity index (χ0v) is 17.4. The van der Waals surface area contributed by atoms with Crippen LogP contribution in [0.2, 0.25) is 0 Å². The van der Waals surface area contributed by atoms with E-state index in [-0.39, 0.29) is 30.1 Å². The second-order valence-corrected chi connectivity index (χ2v) is 7.44. The van der Waals surface area contributed by atoms with Crippen LogP contribution in [0, 0.1) is 11.6 Å². The van der Waals surface area contributed by atoms with Crippen molar-refractivity contribution in [3.8, 4) is 11.4 Å². The molecule has 5 rings (SSSR count). The highest BCUT2D eigenvalue weighted by Gasteiger charge is 2.15. The lowest BCUT2D eigenvalue weighted by Crippen LogP contribution is -2.21. The van der Waals surface area contributed by atoms with Crippen molar-refractivity contribution in [3.63, 3.8) is 0 Å². The number of benzene rings is 2. The molecule has 0 N–H and O–H groups in total. The normalized spacial score (nSPS) is 11.4. The smallest absolute Gasteiger partial charge is 0.283 e. The Morgan fingerprint density at radius 1 is 1.00 bits per heavy atom. The summed E-state index contributed by atoms with van der Waals surface area (Å²) in [4.78, 5) is 21.5. The van der Waals surface area contributed by atoms with Crippen molar-refractivity contribution >= 4 is 11.2 Å². The van der Waals surface area contributed by atoms with E-state index < -0.39 is 17.2 Å². The second-order valence-electron chi connectivity index (χ2n) is 7.44. The fourth-order valence-corrected chi connectivity index (χ4v) is 3.45. The largest absolute Gasteiger partial charge is 0.337 e. The summed E-state index contributed by atoms with van der Waals surface area (Å²) in [5.41, 5.74) is 2.09. The minimum absolute atomic E-state index is 0.00375. The van der Waals surface area contributed by atoms with Gasteiger partial charge in [0.15, 0.2) is 11.2 Å². The van der Waals surface area contributed by atoms with Gasteiger partial charge in [-0.2, -0.15) is 4.98 Å². The van der Waals surface area contributed by atoms with Gasteiger partial charge in [-0.25, -0.2) is 18.4 Å². The molecule has 0 aliphatic rings. The number of hydrogen-bond donors (Lipinski definition) is 0. The fraction of sp³-hybridized carbons (Fsp3) is 0.182. The molecule has 0 saturated heterocycles. The monoisotopic (exact) mass is 449 g/mol. The first-order valence-corrected chi connectivity index (χ1v) is 10.2. The lowest BCUT2D eigenvalue weighted by atomic mass is 10.1. The summed E-state index contributed by atoms with van der Waals surface area (Å²) in [6.07, 6.45) is 2.25. The van der Waals surface area contributed by atoms with E-state index in [0.717, 1.165) is 18.1 Å². The first-order valence-electron chi connectivity index (χ1n) is 10.2. The van der Waals surface area contributed by atoms with E-state index >= 15 is 0 Å². The van der Waals surface area contributed by atoms with E-state index in [1.807, 2.05) is 24.3 Å². The van der Waals surface area contributed by atoms with Gasteiger partial charge >= 0.3 is 0 Å². The molecule has 0 bridgehead atoms. The van der Waals surface area contributed by atoms with Crippen LogP contribution in [0.4, 0.5) is 8.78 Å². The van der Waals surface area contributed by atoms with Gasteiger partial charge in [-0.05, 0) is 29.7 Å². The molecule has 0 saturated carbocycles. The van der Waals surface area contributed by atoms with E-state index in [2.05, 4.69) is 32.4 Å². The predicted octanol–water partition coefficient (Wildman–Crippen LogP) is 2.98. The molecule has 3 aromatic heterocycles. The predicted molar refractivity (Wildman–Crippen MR) is 113 cm³/mol. The van der Waals surface area contributed by atoms with Crippen LogP contribution in [-0.2, 0) is 19.5 Å². The van der Waals surface area contributed by atoms with Crippen molar-refractivity contribution in [1.29, 1.82) is 0 Å². The molecule has 0 fully saturated rings. The van der Waals surface area contributed by atoms with E-state index in [0.29, 0.717) is 11.4 Å². The standard InChI is InChI=1S/C22H17F2N7O2/c1-2-13-3-5-15(6-4-13)20-26-18(33-28-20)11-30-12-25-21-19(22(30)32)27-29-31(21)10-14-7-16(23)9-17(24)8-14/h3-9,12H,2,10-11H2,1H3. The van der Waals surface area contributed by atoms with E-state index in [1.165, 1.54) is 33.3 Å². The minimum atomic E-state index is -0.704. The highest BCUT2D eigenvalue weighted by molar-refractivity contribution is 5.67. The molecule has 0 spiro atoms. The third-order valence-corrected chi connectivity index (χ3v) is 5.14. The van der Waals surface area contributed by atoms with Gasteiger partial charge in [0.1, 0.15) is 24.5 Å². The molecule has 166 valence electrons. The number of rotatable bonds is 6. The van der Waals surface area contributed by atoms with Crippen LogP contribution in [0.15, 0.2) is 58.1 Å². The summed E-state index contributed by atoms with van der Waals surface area (Å²) in [6, 6.07) is 11.0. The van der Waals surface area contributed by atoms with Crippen LogP contribution in [0.1, 0.15) is 23.9 Å². The van der Waals surface area contributed by atoms with E-state index in [4.69, 9.17) is 4.52 Å². The third-order valence-electron chi connectivity index (χ3n) is 5.14. The maximum absolute atomic E-state index is 13.5. The summed E-state index contributed by atoms with van der Waals surface area (Å²) < 4.78 is 34.8. The zero-order chi connectivity index (χ0) is 22.9.